The molecule has 1 heterocycles. The molecule has 4 heteroatoms. The van der Waals surface area contributed by atoms with E-state index in [1.54, 1.807) is 6.20 Å². The summed E-state index contributed by atoms with van der Waals surface area (Å²) in [6, 6.07) is 13.8. The van der Waals surface area contributed by atoms with Crippen molar-refractivity contribution in [1.29, 1.82) is 0 Å². The van der Waals surface area contributed by atoms with Crippen LogP contribution in [0.5, 0.6) is 5.75 Å². The third kappa shape index (κ3) is 2.60. The van der Waals surface area contributed by atoms with E-state index in [0.29, 0.717) is 18.5 Å². The number of ether oxygens (including phenoxy) is 1. The third-order valence-corrected chi connectivity index (χ3v) is 3.63. The maximum Gasteiger partial charge on any atom is 0.274 e. The number of hydrogen-bond donors (Lipinski definition) is 0. The van der Waals surface area contributed by atoms with E-state index in [4.69, 9.17) is 4.74 Å². The van der Waals surface area contributed by atoms with Crippen LogP contribution in [0.2, 0.25) is 0 Å². The van der Waals surface area contributed by atoms with Crippen molar-refractivity contribution in [2.75, 3.05) is 6.61 Å². The Hall–Kier alpha value is -2.62. The highest BCUT2D eigenvalue weighted by atomic mass is 16.5. The summed E-state index contributed by atoms with van der Waals surface area (Å²) in [5, 5.41) is 5.74. The number of benzene rings is 2. The van der Waals surface area contributed by atoms with Crippen LogP contribution in [0, 0.1) is 0 Å². The van der Waals surface area contributed by atoms with Crippen LogP contribution in [-0.2, 0) is 6.54 Å². The minimum atomic E-state index is -0.0467. The minimum Gasteiger partial charge on any atom is -0.494 e. The Morgan fingerprint density at radius 1 is 1.09 bits per heavy atom. The van der Waals surface area contributed by atoms with Crippen molar-refractivity contribution in [2.45, 2.75) is 20.4 Å². The molecule has 0 unspecified atom stereocenters. The van der Waals surface area contributed by atoms with Crippen LogP contribution in [0.15, 0.2) is 53.5 Å². The Balaban J connectivity index is 2.09. The average molecular weight is 294 g/mol. The predicted octanol–water partition coefficient (Wildman–Crippen LogP) is 3.48. The summed E-state index contributed by atoms with van der Waals surface area (Å²) in [4.78, 5) is 12.2. The number of rotatable bonds is 4. The second-order valence-corrected chi connectivity index (χ2v) is 5.03. The van der Waals surface area contributed by atoms with Crippen LogP contribution in [0.4, 0.5) is 0 Å². The summed E-state index contributed by atoms with van der Waals surface area (Å²) in [6.07, 6.45) is 1.75. The van der Waals surface area contributed by atoms with E-state index >= 15 is 0 Å². The fourth-order valence-corrected chi connectivity index (χ4v) is 2.52. The largest absolute Gasteiger partial charge is 0.494 e. The van der Waals surface area contributed by atoms with Gasteiger partial charge in [0.1, 0.15) is 5.75 Å². The van der Waals surface area contributed by atoms with Crippen LogP contribution in [-0.4, -0.2) is 16.4 Å². The van der Waals surface area contributed by atoms with Gasteiger partial charge < -0.3 is 4.74 Å². The van der Waals surface area contributed by atoms with Crippen LogP contribution in [0.3, 0.4) is 0 Å². The van der Waals surface area contributed by atoms with Crippen LogP contribution in [0.25, 0.3) is 21.9 Å². The zero-order valence-corrected chi connectivity index (χ0v) is 12.7. The zero-order valence-electron chi connectivity index (χ0n) is 12.7. The fraction of sp³-hybridized carbons (Fsp3) is 0.222. The molecule has 2 aromatic carbocycles. The molecule has 1 aromatic heterocycles. The van der Waals surface area contributed by atoms with Gasteiger partial charge in [-0.15, -0.1) is 0 Å². The van der Waals surface area contributed by atoms with Gasteiger partial charge in [-0.2, -0.15) is 5.10 Å². The van der Waals surface area contributed by atoms with Gasteiger partial charge in [0.2, 0.25) is 0 Å². The van der Waals surface area contributed by atoms with Gasteiger partial charge in [-0.1, -0.05) is 18.2 Å². The maximum absolute atomic E-state index is 12.2. The Labute approximate surface area is 129 Å². The van der Waals surface area contributed by atoms with Crippen molar-refractivity contribution >= 4 is 10.8 Å². The van der Waals surface area contributed by atoms with Crippen LogP contribution >= 0.6 is 0 Å². The predicted molar refractivity (Wildman–Crippen MR) is 88.3 cm³/mol. The van der Waals surface area contributed by atoms with Gasteiger partial charge in [-0.05, 0) is 49.2 Å². The van der Waals surface area contributed by atoms with Crippen molar-refractivity contribution < 1.29 is 4.74 Å². The number of fused-ring (bicyclic) bond motifs is 1. The highest BCUT2D eigenvalue weighted by Crippen LogP contribution is 2.26. The van der Waals surface area contributed by atoms with Crippen molar-refractivity contribution in [3.05, 3.63) is 59.0 Å². The average Bonchev–Trinajstić information content (AvgIpc) is 2.55. The maximum atomic E-state index is 12.2. The first-order valence-electron chi connectivity index (χ1n) is 7.46. The summed E-state index contributed by atoms with van der Waals surface area (Å²) in [5.41, 5.74) is 2.06. The molecule has 3 rings (SSSR count). The minimum absolute atomic E-state index is 0.0467. The molecule has 3 aromatic rings. The van der Waals surface area contributed by atoms with Gasteiger partial charge in [0.25, 0.3) is 5.56 Å². The van der Waals surface area contributed by atoms with Crippen LogP contribution < -0.4 is 10.3 Å². The first-order valence-corrected chi connectivity index (χ1v) is 7.46. The van der Waals surface area contributed by atoms with E-state index in [1.165, 1.54) is 4.68 Å². The molecule has 0 N–H and O–H groups in total. The summed E-state index contributed by atoms with van der Waals surface area (Å²) in [6.45, 7) is 5.09. The summed E-state index contributed by atoms with van der Waals surface area (Å²) in [5.74, 6) is 0.847. The molecule has 0 aliphatic heterocycles. The van der Waals surface area contributed by atoms with Crippen molar-refractivity contribution in [3.63, 3.8) is 0 Å². The van der Waals surface area contributed by atoms with Crippen molar-refractivity contribution in [1.82, 2.24) is 9.78 Å². The first kappa shape index (κ1) is 14.3. The molecular weight excluding hydrogens is 276 g/mol. The molecule has 0 saturated carbocycles. The molecule has 4 nitrogen and oxygen atoms in total. The van der Waals surface area contributed by atoms with Gasteiger partial charge in [-0.25, -0.2) is 4.68 Å². The van der Waals surface area contributed by atoms with E-state index < -0.39 is 0 Å². The van der Waals surface area contributed by atoms with Gasteiger partial charge in [-0.3, -0.25) is 4.79 Å². The lowest BCUT2D eigenvalue weighted by Crippen LogP contribution is -2.21. The molecule has 112 valence electrons. The topological polar surface area (TPSA) is 44.1 Å². The highest BCUT2D eigenvalue weighted by molar-refractivity contribution is 5.86. The smallest absolute Gasteiger partial charge is 0.274 e. The Morgan fingerprint density at radius 2 is 1.91 bits per heavy atom. The molecule has 0 atom stereocenters. The lowest BCUT2D eigenvalue weighted by Gasteiger charge is -2.08. The summed E-state index contributed by atoms with van der Waals surface area (Å²) in [7, 11) is 0. The number of hydrogen-bond acceptors (Lipinski definition) is 3. The number of nitrogens with zero attached hydrogens (tertiary/aromatic N) is 2. The van der Waals surface area contributed by atoms with E-state index in [2.05, 4.69) is 5.10 Å². The van der Waals surface area contributed by atoms with E-state index in [-0.39, 0.29) is 5.56 Å². The molecule has 0 aliphatic rings. The lowest BCUT2D eigenvalue weighted by molar-refractivity contribution is 0.340. The summed E-state index contributed by atoms with van der Waals surface area (Å²) >= 11 is 0. The SMILES string of the molecule is CCOc1cccc(-c2ccc3c(=O)n(CC)ncc3c2)c1. The zero-order chi connectivity index (χ0) is 15.5. The normalized spacial score (nSPS) is 10.8. The number of aromatic nitrogens is 2. The third-order valence-electron chi connectivity index (χ3n) is 3.63. The monoisotopic (exact) mass is 294 g/mol. The Bertz CT molecular complexity index is 868. The second-order valence-electron chi connectivity index (χ2n) is 5.03. The molecule has 0 saturated heterocycles. The van der Waals surface area contributed by atoms with E-state index in [9.17, 15) is 4.79 Å². The fourth-order valence-electron chi connectivity index (χ4n) is 2.52. The number of aryl methyl sites for hydroxylation is 1. The summed E-state index contributed by atoms with van der Waals surface area (Å²) < 4.78 is 7.01. The van der Waals surface area contributed by atoms with E-state index in [1.807, 2.05) is 56.3 Å². The molecular formula is C18H18N2O2. The quantitative estimate of drug-likeness (QED) is 0.740. The Kier molecular flexibility index (Phi) is 3.92. The van der Waals surface area contributed by atoms with Crippen molar-refractivity contribution in [2.24, 2.45) is 0 Å². The molecule has 0 bridgehead atoms. The van der Waals surface area contributed by atoms with Gasteiger partial charge >= 0.3 is 0 Å². The van der Waals surface area contributed by atoms with E-state index in [0.717, 1.165) is 22.3 Å². The molecule has 0 radical (unpaired) electrons. The second kappa shape index (κ2) is 6.02. The molecule has 0 amide bonds. The molecule has 0 spiro atoms. The first-order chi connectivity index (χ1) is 10.7. The Morgan fingerprint density at radius 3 is 2.68 bits per heavy atom. The molecule has 0 aliphatic carbocycles. The lowest BCUT2D eigenvalue weighted by atomic mass is 10.0. The molecule has 0 fully saturated rings. The van der Waals surface area contributed by atoms with Gasteiger partial charge in [0.05, 0.1) is 18.2 Å². The molecule has 22 heavy (non-hydrogen) atoms. The van der Waals surface area contributed by atoms with Gasteiger partial charge in [0, 0.05) is 11.9 Å². The highest BCUT2D eigenvalue weighted by Gasteiger charge is 2.06. The van der Waals surface area contributed by atoms with Crippen LogP contribution in [0.1, 0.15) is 13.8 Å². The standard InChI is InChI=1S/C18H18N2O2/c1-3-20-18(21)17-9-8-14(10-15(17)12-19-20)13-6-5-7-16(11-13)22-4-2/h5-12H,3-4H2,1-2H3. The van der Waals surface area contributed by atoms with Crippen molar-refractivity contribution in [3.8, 4) is 16.9 Å². The van der Waals surface area contributed by atoms with Gasteiger partial charge in [0.15, 0.2) is 0 Å².